The molecule has 2 nitrogen and oxygen atoms in total. The maximum atomic E-state index is 2.37. The van der Waals surface area contributed by atoms with Gasteiger partial charge in [0.1, 0.15) is 0 Å². The Kier molecular flexibility index (Phi) is 5.03. The Labute approximate surface area is 109 Å². The van der Waals surface area contributed by atoms with E-state index in [4.69, 9.17) is 0 Å². The highest BCUT2D eigenvalue weighted by Gasteiger charge is 2.32. The molecule has 2 rings (SSSR count). The smallest absolute Gasteiger partial charge is 0.0861 e. The third kappa shape index (κ3) is 4.26. The van der Waals surface area contributed by atoms with Gasteiger partial charge in [0.2, 0.25) is 0 Å². The van der Waals surface area contributed by atoms with E-state index in [9.17, 15) is 0 Å². The molecule has 0 aromatic rings. The van der Waals surface area contributed by atoms with Crippen LogP contribution in [0.4, 0.5) is 0 Å². The normalized spacial score (nSPS) is 39.9. The van der Waals surface area contributed by atoms with Crippen LogP contribution in [-0.2, 0) is 0 Å². The quantitative estimate of drug-likeness (QED) is 0.620. The van der Waals surface area contributed by atoms with Crippen LogP contribution in [0.2, 0.25) is 0 Å². The van der Waals surface area contributed by atoms with Gasteiger partial charge in [-0.05, 0) is 13.8 Å². The van der Waals surface area contributed by atoms with Gasteiger partial charge in [0, 0.05) is 25.2 Å². The van der Waals surface area contributed by atoms with Crippen LogP contribution in [0.3, 0.4) is 0 Å². The Morgan fingerprint density at radius 1 is 1.00 bits per heavy atom. The second-order valence-corrected chi connectivity index (χ2v) is 7.25. The van der Waals surface area contributed by atoms with E-state index in [1.54, 1.807) is 0 Å². The van der Waals surface area contributed by atoms with Gasteiger partial charge in [-0.25, -0.2) is 0 Å². The summed E-state index contributed by atoms with van der Waals surface area (Å²) in [5.74, 6) is 0.963. The Hall–Kier alpha value is -0.0800. The van der Waals surface area contributed by atoms with E-state index in [1.165, 1.54) is 54.4 Å². The molecule has 3 atom stereocenters. The maximum absolute atomic E-state index is 2.37. The Morgan fingerprint density at radius 2 is 1.65 bits per heavy atom. The summed E-state index contributed by atoms with van der Waals surface area (Å²) in [6.07, 6.45) is 4.29. The van der Waals surface area contributed by atoms with Crippen molar-refractivity contribution in [1.29, 1.82) is 0 Å². The van der Waals surface area contributed by atoms with Crippen molar-refractivity contribution in [2.75, 3.05) is 47.3 Å². The van der Waals surface area contributed by atoms with Gasteiger partial charge in [0.15, 0.2) is 0 Å². The van der Waals surface area contributed by atoms with Crippen LogP contribution < -0.4 is 0 Å². The Balaban J connectivity index is 0.000000171. The molecule has 0 aliphatic carbocycles. The van der Waals surface area contributed by atoms with Crippen molar-refractivity contribution < 1.29 is 8.97 Å². The molecular weight excluding hydrogens is 208 g/mol. The van der Waals surface area contributed by atoms with E-state index in [-0.39, 0.29) is 0 Å². The molecule has 0 radical (unpaired) electrons. The lowest BCUT2D eigenvalue weighted by molar-refractivity contribution is -0.917. The van der Waals surface area contributed by atoms with Crippen LogP contribution in [0.5, 0.6) is 0 Å². The molecule has 0 aromatic carbocycles. The number of hydrogen-bond acceptors (Lipinski definition) is 0. The lowest BCUT2D eigenvalue weighted by Crippen LogP contribution is -2.46. The monoisotopic (exact) mass is 242 g/mol. The van der Waals surface area contributed by atoms with Crippen molar-refractivity contribution in [2.24, 2.45) is 5.92 Å². The van der Waals surface area contributed by atoms with Crippen molar-refractivity contribution >= 4 is 0 Å². The van der Waals surface area contributed by atoms with Crippen LogP contribution in [0.25, 0.3) is 0 Å². The van der Waals surface area contributed by atoms with Crippen LogP contribution in [0, 0.1) is 5.92 Å². The predicted octanol–water partition coefficient (Wildman–Crippen LogP) is 2.74. The first kappa shape index (κ1) is 15.0. The Bertz CT molecular complexity index is 237. The van der Waals surface area contributed by atoms with E-state index in [1.807, 2.05) is 0 Å². The van der Waals surface area contributed by atoms with Crippen LogP contribution in [0.15, 0.2) is 0 Å². The fraction of sp³-hybridized carbons (Fsp3) is 1.00. The van der Waals surface area contributed by atoms with Gasteiger partial charge < -0.3 is 8.97 Å². The van der Waals surface area contributed by atoms with E-state index in [2.05, 4.69) is 41.9 Å². The average molecular weight is 242 g/mol. The molecule has 0 bridgehead atoms. The fourth-order valence-corrected chi connectivity index (χ4v) is 3.35. The minimum atomic E-state index is 0.912. The molecule has 0 aromatic heterocycles. The zero-order valence-electron chi connectivity index (χ0n) is 13.0. The molecule has 2 aliphatic rings. The molecule has 2 aliphatic heterocycles. The number of likely N-dealkylation sites (tertiary alicyclic amines) is 2. The van der Waals surface area contributed by atoms with Crippen molar-refractivity contribution in [2.45, 2.75) is 46.1 Å². The van der Waals surface area contributed by atoms with E-state index in [0.29, 0.717) is 0 Å². The van der Waals surface area contributed by atoms with E-state index < -0.39 is 0 Å². The van der Waals surface area contributed by atoms with Gasteiger partial charge in [-0.2, -0.15) is 0 Å². The van der Waals surface area contributed by atoms with Crippen molar-refractivity contribution in [3.63, 3.8) is 0 Å². The topological polar surface area (TPSA) is 0 Å². The van der Waals surface area contributed by atoms with E-state index >= 15 is 0 Å². The molecule has 2 saturated heterocycles. The van der Waals surface area contributed by atoms with Gasteiger partial charge >= 0.3 is 0 Å². The lowest BCUT2D eigenvalue weighted by atomic mass is 10.2. The summed E-state index contributed by atoms with van der Waals surface area (Å²) in [5, 5.41) is 0. The molecule has 2 heterocycles. The van der Waals surface area contributed by atoms with Gasteiger partial charge in [-0.15, -0.1) is 0 Å². The van der Waals surface area contributed by atoms with Gasteiger partial charge in [0.25, 0.3) is 0 Å². The van der Waals surface area contributed by atoms with Crippen LogP contribution in [-0.4, -0.2) is 62.3 Å². The number of quaternary nitrogens is 2. The molecule has 0 saturated carbocycles. The summed E-state index contributed by atoms with van der Waals surface area (Å²) in [4.78, 5) is 0. The summed E-state index contributed by atoms with van der Waals surface area (Å²) in [6.45, 7) is 12.5. The number of rotatable bonds is 1. The Morgan fingerprint density at radius 3 is 1.82 bits per heavy atom. The molecule has 0 amide bonds. The largest absolute Gasteiger partial charge is 0.328 e. The summed E-state index contributed by atoms with van der Waals surface area (Å²) >= 11 is 0. The van der Waals surface area contributed by atoms with E-state index in [0.717, 1.165) is 12.0 Å². The summed E-state index contributed by atoms with van der Waals surface area (Å²) in [6, 6.07) is 0.912. The van der Waals surface area contributed by atoms with Crippen LogP contribution >= 0.6 is 0 Å². The molecule has 2 fully saturated rings. The summed E-state index contributed by atoms with van der Waals surface area (Å²) in [7, 11) is 6.99. The minimum Gasteiger partial charge on any atom is -0.328 e. The molecule has 17 heavy (non-hydrogen) atoms. The van der Waals surface area contributed by atoms with Crippen molar-refractivity contribution in [1.82, 2.24) is 0 Å². The second kappa shape index (κ2) is 5.71. The summed E-state index contributed by atoms with van der Waals surface area (Å²) in [5.41, 5.74) is 0. The van der Waals surface area contributed by atoms with Crippen molar-refractivity contribution in [3.05, 3.63) is 0 Å². The second-order valence-electron chi connectivity index (χ2n) is 7.25. The van der Waals surface area contributed by atoms with Gasteiger partial charge in [-0.1, -0.05) is 6.92 Å². The predicted molar refractivity (Wildman–Crippen MR) is 75.9 cm³/mol. The average Bonchev–Trinajstić information content (AvgIpc) is 2.73. The van der Waals surface area contributed by atoms with Gasteiger partial charge in [0.05, 0.1) is 53.4 Å². The first-order valence-corrected chi connectivity index (χ1v) is 7.45. The standard InChI is InChI=1S/C8H18N.C7H16N/c1-4-9(3)7-5-6-8(9)2;1-7-4-5-8(2,3)6-7/h8H,4-7H2,1-3H3;7H,4-6H2,1-3H3/q2*+1. The van der Waals surface area contributed by atoms with Gasteiger partial charge in [-0.3, -0.25) is 0 Å². The SMILES string of the molecule is CC1CC[N+](C)(C)C1.CC[N+]1(C)CCCC1C. The zero-order valence-corrected chi connectivity index (χ0v) is 13.0. The highest BCUT2D eigenvalue weighted by atomic mass is 15.4. The molecule has 0 N–H and O–H groups in total. The number of hydrogen-bond donors (Lipinski definition) is 0. The molecular formula is C15H34N2+2. The molecule has 0 spiro atoms. The first-order chi connectivity index (χ1) is 7.79. The molecule has 102 valence electrons. The minimum absolute atomic E-state index is 0.912. The molecule has 2 heteroatoms. The maximum Gasteiger partial charge on any atom is 0.0861 e. The van der Waals surface area contributed by atoms with Crippen LogP contribution in [0.1, 0.15) is 40.0 Å². The summed E-state index contributed by atoms with van der Waals surface area (Å²) < 4.78 is 2.54. The highest BCUT2D eigenvalue weighted by molar-refractivity contribution is 4.60. The first-order valence-electron chi connectivity index (χ1n) is 7.45. The zero-order chi connectivity index (χ0) is 13.1. The third-order valence-electron chi connectivity index (χ3n) is 5.11. The lowest BCUT2D eigenvalue weighted by Gasteiger charge is -2.32. The third-order valence-corrected chi connectivity index (χ3v) is 5.11. The fourth-order valence-electron chi connectivity index (χ4n) is 3.35. The van der Waals surface area contributed by atoms with Crippen molar-refractivity contribution in [3.8, 4) is 0 Å². The molecule has 3 unspecified atom stereocenters. The highest BCUT2D eigenvalue weighted by Crippen LogP contribution is 2.23. The number of nitrogens with zero attached hydrogens (tertiary/aromatic N) is 2.